The molecule has 0 amide bonds. The van der Waals surface area contributed by atoms with Crippen LogP contribution >= 0.6 is 0 Å². The number of methoxy groups -OCH3 is 1. The van der Waals surface area contributed by atoms with E-state index in [1.165, 1.54) is 0 Å². The van der Waals surface area contributed by atoms with E-state index in [1.807, 2.05) is 26.2 Å². The zero-order chi connectivity index (χ0) is 11.7. The fourth-order valence-electron chi connectivity index (χ4n) is 1.30. The molecule has 0 aromatic carbocycles. The summed E-state index contributed by atoms with van der Waals surface area (Å²) in [5.41, 5.74) is -0.173. The largest absolute Gasteiger partial charge is 0.359 e. The number of ether oxygens (including phenoxy) is 1. The minimum atomic E-state index is -0.295. The third-order valence-corrected chi connectivity index (χ3v) is 2.67. The summed E-state index contributed by atoms with van der Waals surface area (Å²) in [4.78, 5) is 4.23. The predicted octanol–water partition coefficient (Wildman–Crippen LogP) is 2.73. The third-order valence-electron chi connectivity index (χ3n) is 2.67. The number of nitrogens with zero attached hydrogens (tertiary/aromatic N) is 2. The molecule has 0 aromatic heterocycles. The molecule has 0 fully saturated rings. The van der Waals surface area contributed by atoms with Gasteiger partial charge in [0.05, 0.1) is 0 Å². The van der Waals surface area contributed by atoms with Gasteiger partial charge in [-0.2, -0.15) is 0 Å². The van der Waals surface area contributed by atoms with E-state index in [0.29, 0.717) is 0 Å². The highest BCUT2D eigenvalue weighted by Gasteiger charge is 2.25. The maximum atomic E-state index is 5.40. The van der Waals surface area contributed by atoms with Crippen molar-refractivity contribution in [1.29, 1.82) is 0 Å². The molecule has 0 saturated carbocycles. The van der Waals surface area contributed by atoms with Crippen LogP contribution < -0.4 is 0 Å². The van der Waals surface area contributed by atoms with Crippen molar-refractivity contribution in [3.8, 4) is 0 Å². The normalized spacial score (nSPS) is 17.5. The summed E-state index contributed by atoms with van der Waals surface area (Å²) >= 11 is 0. The summed E-state index contributed by atoms with van der Waals surface area (Å²) in [6, 6.07) is 0. The first-order chi connectivity index (χ1) is 6.77. The molecule has 3 nitrogen and oxygen atoms in total. The van der Waals surface area contributed by atoms with Gasteiger partial charge in [0.25, 0.3) is 0 Å². The van der Waals surface area contributed by atoms with E-state index in [0.717, 1.165) is 0 Å². The Morgan fingerprint density at radius 3 is 1.53 bits per heavy atom. The highest BCUT2D eigenvalue weighted by molar-refractivity contribution is 5.07. The lowest BCUT2D eigenvalue weighted by Gasteiger charge is -2.40. The first kappa shape index (κ1) is 12.1. The summed E-state index contributed by atoms with van der Waals surface area (Å²) in [7, 11) is 1.72. The van der Waals surface area contributed by atoms with Gasteiger partial charge in [-0.05, 0) is 34.6 Å². The molecule has 0 saturated heterocycles. The Labute approximate surface area is 93.0 Å². The maximum absolute atomic E-state index is 5.40. The highest BCUT2D eigenvalue weighted by atomic mass is 16.5. The smallest absolute Gasteiger partial charge is 0.138 e. The molecule has 86 valence electrons. The molecule has 1 heterocycles. The summed E-state index contributed by atoms with van der Waals surface area (Å²) in [5, 5.41) is 0. The molecule has 3 heteroatoms. The zero-order valence-electron chi connectivity index (χ0n) is 10.6. The van der Waals surface area contributed by atoms with Gasteiger partial charge in [-0.25, -0.2) is 0 Å². The Kier molecular flexibility index (Phi) is 3.14. The SMILES string of the molecule is COC(C)(C)N1C=CN(C(C)(C)C)C=C1. The molecular weight excluding hydrogens is 188 g/mol. The molecule has 0 radical (unpaired) electrons. The molecule has 0 aromatic rings. The van der Waals surface area contributed by atoms with Gasteiger partial charge in [0.1, 0.15) is 5.72 Å². The molecule has 15 heavy (non-hydrogen) atoms. The lowest BCUT2D eigenvalue weighted by atomic mass is 10.1. The van der Waals surface area contributed by atoms with Crippen molar-refractivity contribution in [2.45, 2.75) is 45.9 Å². The van der Waals surface area contributed by atoms with E-state index in [1.54, 1.807) is 7.11 Å². The zero-order valence-corrected chi connectivity index (χ0v) is 10.6. The molecule has 1 rings (SSSR count). The summed E-state index contributed by atoms with van der Waals surface area (Å²) < 4.78 is 5.40. The van der Waals surface area contributed by atoms with Gasteiger partial charge in [-0.15, -0.1) is 0 Å². The molecule has 0 bridgehead atoms. The topological polar surface area (TPSA) is 15.7 Å². The van der Waals surface area contributed by atoms with Gasteiger partial charge in [-0.3, -0.25) is 0 Å². The van der Waals surface area contributed by atoms with Crippen molar-refractivity contribution in [3.63, 3.8) is 0 Å². The van der Waals surface area contributed by atoms with Crippen LogP contribution in [-0.2, 0) is 4.74 Å². The molecule has 0 atom stereocenters. The lowest BCUT2D eigenvalue weighted by molar-refractivity contribution is -0.0658. The van der Waals surface area contributed by atoms with Gasteiger partial charge in [0.15, 0.2) is 0 Å². The minimum Gasteiger partial charge on any atom is -0.359 e. The first-order valence-electron chi connectivity index (χ1n) is 5.26. The highest BCUT2D eigenvalue weighted by Crippen LogP contribution is 2.23. The predicted molar refractivity (Wildman–Crippen MR) is 62.8 cm³/mol. The number of hydrogen-bond acceptors (Lipinski definition) is 3. The van der Waals surface area contributed by atoms with Gasteiger partial charge in [0.2, 0.25) is 0 Å². The second-order valence-electron chi connectivity index (χ2n) is 5.23. The Morgan fingerprint density at radius 2 is 1.20 bits per heavy atom. The van der Waals surface area contributed by atoms with E-state index in [4.69, 9.17) is 4.74 Å². The van der Waals surface area contributed by atoms with Crippen LogP contribution in [-0.4, -0.2) is 28.2 Å². The molecule has 0 aliphatic carbocycles. The standard InChI is InChI=1S/C12H22N2O/c1-11(2,3)13-7-9-14(10-8-13)12(4,5)15-6/h7-10H,1-6H3. The third kappa shape index (κ3) is 2.75. The second-order valence-corrected chi connectivity index (χ2v) is 5.23. The van der Waals surface area contributed by atoms with Gasteiger partial charge >= 0.3 is 0 Å². The van der Waals surface area contributed by atoms with Crippen LogP contribution in [0.25, 0.3) is 0 Å². The maximum Gasteiger partial charge on any atom is 0.138 e. The van der Waals surface area contributed by atoms with E-state index >= 15 is 0 Å². The number of hydrogen-bond donors (Lipinski definition) is 0. The van der Waals surface area contributed by atoms with Crippen molar-refractivity contribution >= 4 is 0 Å². The Hall–Kier alpha value is -0.960. The Bertz CT molecular complexity index is 260. The summed E-state index contributed by atoms with van der Waals surface area (Å²) in [5.74, 6) is 0. The molecule has 1 aliphatic rings. The van der Waals surface area contributed by atoms with Crippen LogP contribution in [0.3, 0.4) is 0 Å². The number of rotatable bonds is 2. The summed E-state index contributed by atoms with van der Waals surface area (Å²) in [6.07, 6.45) is 8.21. The van der Waals surface area contributed by atoms with Crippen molar-refractivity contribution in [2.75, 3.05) is 7.11 Å². The first-order valence-corrected chi connectivity index (χ1v) is 5.26. The van der Waals surface area contributed by atoms with Gasteiger partial charge in [-0.1, -0.05) is 0 Å². The average molecular weight is 210 g/mol. The van der Waals surface area contributed by atoms with E-state index in [9.17, 15) is 0 Å². The quantitative estimate of drug-likeness (QED) is 0.697. The monoisotopic (exact) mass is 210 g/mol. The van der Waals surface area contributed by atoms with Crippen LogP contribution in [0.15, 0.2) is 24.8 Å². The van der Waals surface area contributed by atoms with E-state index < -0.39 is 0 Å². The molecular formula is C12H22N2O. The second kappa shape index (κ2) is 3.89. The van der Waals surface area contributed by atoms with Crippen molar-refractivity contribution in [3.05, 3.63) is 24.8 Å². The molecule has 0 spiro atoms. The van der Waals surface area contributed by atoms with Gasteiger partial charge < -0.3 is 14.5 Å². The van der Waals surface area contributed by atoms with Crippen molar-refractivity contribution < 1.29 is 4.74 Å². The van der Waals surface area contributed by atoms with E-state index in [2.05, 4.69) is 43.0 Å². The van der Waals surface area contributed by atoms with Crippen molar-refractivity contribution in [2.24, 2.45) is 0 Å². The fraction of sp³-hybridized carbons (Fsp3) is 0.667. The van der Waals surface area contributed by atoms with Crippen LogP contribution in [0, 0.1) is 0 Å². The molecule has 0 unspecified atom stereocenters. The molecule has 0 N–H and O–H groups in total. The molecule has 1 aliphatic heterocycles. The minimum absolute atomic E-state index is 0.121. The Morgan fingerprint density at radius 1 is 0.800 bits per heavy atom. The lowest BCUT2D eigenvalue weighted by Crippen LogP contribution is -2.42. The summed E-state index contributed by atoms with van der Waals surface area (Å²) in [6.45, 7) is 10.6. The van der Waals surface area contributed by atoms with Crippen LogP contribution in [0.2, 0.25) is 0 Å². The Balaban J connectivity index is 2.73. The van der Waals surface area contributed by atoms with Crippen molar-refractivity contribution in [1.82, 2.24) is 9.80 Å². The average Bonchev–Trinajstić information content (AvgIpc) is 2.17. The van der Waals surface area contributed by atoms with E-state index in [-0.39, 0.29) is 11.3 Å². The van der Waals surface area contributed by atoms with Crippen LogP contribution in [0.1, 0.15) is 34.6 Å². The van der Waals surface area contributed by atoms with Gasteiger partial charge in [0, 0.05) is 37.4 Å². The van der Waals surface area contributed by atoms with Crippen LogP contribution in [0.5, 0.6) is 0 Å². The fourth-order valence-corrected chi connectivity index (χ4v) is 1.30. The van der Waals surface area contributed by atoms with Crippen LogP contribution in [0.4, 0.5) is 0 Å².